The van der Waals surface area contributed by atoms with Crippen LogP contribution in [0, 0.1) is 0 Å². The van der Waals surface area contributed by atoms with Crippen molar-refractivity contribution in [3.05, 3.63) is 218 Å². The zero-order valence-electron chi connectivity index (χ0n) is 36.8. The van der Waals surface area contributed by atoms with Crippen LogP contribution in [0.2, 0.25) is 0 Å². The Bertz CT molecular complexity index is 3990. The Morgan fingerprint density at radius 1 is 0.290 bits per heavy atom. The van der Waals surface area contributed by atoms with Gasteiger partial charge in [0.25, 0.3) is 0 Å². The second-order valence-electron chi connectivity index (χ2n) is 17.8. The van der Waals surface area contributed by atoms with Crippen molar-refractivity contribution in [3.63, 3.8) is 0 Å². The highest BCUT2D eigenvalue weighted by Gasteiger charge is 2.42. The van der Waals surface area contributed by atoms with Crippen LogP contribution < -0.4 is 19.1 Å². The summed E-state index contributed by atoms with van der Waals surface area (Å²) in [5.41, 5.74) is 15.8. The van der Waals surface area contributed by atoms with Crippen LogP contribution in [0.15, 0.2) is 218 Å². The Kier molecular flexibility index (Phi) is 7.94. The van der Waals surface area contributed by atoms with E-state index < -0.39 is 0 Å². The number of ether oxygens (including phenoxy) is 3. The number of aromatic nitrogens is 3. The fourth-order valence-corrected chi connectivity index (χ4v) is 10.6. The molecule has 0 fully saturated rings. The number of para-hydroxylation sites is 2. The molecule has 15 rings (SSSR count). The van der Waals surface area contributed by atoms with Gasteiger partial charge in [0.05, 0.1) is 22.2 Å². The number of hydrogen-bond donors (Lipinski definition) is 0. The van der Waals surface area contributed by atoms with Gasteiger partial charge < -0.3 is 14.2 Å². The van der Waals surface area contributed by atoms with Gasteiger partial charge in [-0.05, 0) is 111 Å². The molecule has 7 heteroatoms. The maximum Gasteiger partial charge on any atom is 0.235 e. The molecule has 12 aromatic rings. The minimum Gasteiger partial charge on any atom is -0.453 e. The van der Waals surface area contributed by atoms with Crippen molar-refractivity contribution in [2.75, 3.05) is 4.90 Å². The van der Waals surface area contributed by atoms with E-state index in [1.807, 2.05) is 24.3 Å². The summed E-state index contributed by atoms with van der Waals surface area (Å²) in [5.74, 6) is 4.89. The van der Waals surface area contributed by atoms with E-state index in [4.69, 9.17) is 24.2 Å². The molecule has 0 bridgehead atoms. The third-order valence-corrected chi connectivity index (χ3v) is 13.7. The van der Waals surface area contributed by atoms with E-state index in [9.17, 15) is 0 Å². The predicted molar refractivity (Wildman–Crippen MR) is 276 cm³/mol. The van der Waals surface area contributed by atoms with Crippen LogP contribution in [0.5, 0.6) is 34.5 Å². The molecule has 0 saturated heterocycles. The van der Waals surface area contributed by atoms with Crippen molar-refractivity contribution < 1.29 is 14.2 Å². The highest BCUT2D eigenvalue weighted by Crippen LogP contribution is 2.68. The predicted octanol–water partition coefficient (Wildman–Crippen LogP) is 16.8. The van der Waals surface area contributed by atoms with Crippen molar-refractivity contribution in [2.45, 2.75) is 0 Å². The number of rotatable bonds is 6. The first kappa shape index (κ1) is 37.7. The lowest BCUT2D eigenvalue weighted by atomic mass is 9.96. The maximum atomic E-state index is 6.98. The fraction of sp³-hybridized carbons (Fsp3) is 0. The molecule has 0 unspecified atom stereocenters. The Hall–Kier alpha value is -9.46. The van der Waals surface area contributed by atoms with Crippen LogP contribution in [-0.2, 0) is 0 Å². The molecule has 0 radical (unpaired) electrons. The first-order valence-corrected chi connectivity index (χ1v) is 23.1. The lowest BCUT2D eigenvalue weighted by molar-refractivity contribution is 0.418. The molecular weight excluding hydrogens is 849 g/mol. The van der Waals surface area contributed by atoms with Crippen LogP contribution >= 0.6 is 0 Å². The molecule has 3 aliphatic heterocycles. The number of anilines is 3. The fourth-order valence-electron chi connectivity index (χ4n) is 10.6. The third kappa shape index (κ3) is 5.81. The molecule has 69 heavy (non-hydrogen) atoms. The summed E-state index contributed by atoms with van der Waals surface area (Å²) in [6.07, 6.45) is 0. The Morgan fingerprint density at radius 3 is 1.30 bits per heavy atom. The first-order valence-electron chi connectivity index (χ1n) is 23.1. The quantitative estimate of drug-likeness (QED) is 0.166. The van der Waals surface area contributed by atoms with E-state index in [1.165, 1.54) is 0 Å². The molecule has 7 nitrogen and oxygen atoms in total. The normalized spacial score (nSPS) is 12.7. The van der Waals surface area contributed by atoms with Crippen LogP contribution in [0.4, 0.5) is 17.1 Å². The van der Waals surface area contributed by atoms with Crippen molar-refractivity contribution in [2.24, 2.45) is 0 Å². The summed E-state index contributed by atoms with van der Waals surface area (Å²) >= 11 is 0. The molecule has 0 saturated carbocycles. The average Bonchev–Trinajstić information content (AvgIpc) is 3.74. The maximum absolute atomic E-state index is 6.98. The Labute approximate surface area is 396 Å². The lowest BCUT2D eigenvalue weighted by Gasteiger charge is -2.42. The van der Waals surface area contributed by atoms with E-state index in [-0.39, 0.29) is 0 Å². The summed E-state index contributed by atoms with van der Waals surface area (Å²) in [5, 5.41) is 3.18. The van der Waals surface area contributed by atoms with E-state index >= 15 is 0 Å². The van der Waals surface area contributed by atoms with E-state index in [2.05, 4.69) is 204 Å². The van der Waals surface area contributed by atoms with Crippen molar-refractivity contribution in [3.8, 4) is 96.2 Å². The van der Waals surface area contributed by atoms with E-state index in [0.717, 1.165) is 117 Å². The summed E-state index contributed by atoms with van der Waals surface area (Å²) in [4.78, 5) is 12.9. The van der Waals surface area contributed by atoms with Crippen molar-refractivity contribution >= 4 is 49.8 Å². The number of nitrogens with zero attached hydrogens (tertiary/aromatic N) is 4. The molecule has 322 valence electrons. The van der Waals surface area contributed by atoms with Gasteiger partial charge in [-0.15, -0.1) is 0 Å². The smallest absolute Gasteiger partial charge is 0.235 e. The molecule has 5 heterocycles. The largest absolute Gasteiger partial charge is 0.453 e. The van der Waals surface area contributed by atoms with Crippen LogP contribution in [0.3, 0.4) is 0 Å². The highest BCUT2D eigenvalue weighted by atomic mass is 16.5. The third-order valence-electron chi connectivity index (χ3n) is 13.7. The minimum atomic E-state index is 0.610. The average molecular weight is 885 g/mol. The highest BCUT2D eigenvalue weighted by molar-refractivity contribution is 6.11. The monoisotopic (exact) mass is 884 g/mol. The Balaban J connectivity index is 0.898. The second-order valence-corrected chi connectivity index (χ2v) is 17.8. The van der Waals surface area contributed by atoms with Crippen LogP contribution in [0.1, 0.15) is 0 Å². The van der Waals surface area contributed by atoms with E-state index in [0.29, 0.717) is 28.9 Å². The number of fused-ring (bicyclic) bond motifs is 4. The summed E-state index contributed by atoms with van der Waals surface area (Å²) in [6.45, 7) is 0. The zero-order chi connectivity index (χ0) is 45.2. The molecule has 3 aliphatic rings. The van der Waals surface area contributed by atoms with Crippen molar-refractivity contribution in [1.82, 2.24) is 14.5 Å². The molecule has 0 spiro atoms. The number of hydrogen-bond acceptors (Lipinski definition) is 6. The lowest BCUT2D eigenvalue weighted by Crippen LogP contribution is -2.24. The Morgan fingerprint density at radius 2 is 0.725 bits per heavy atom. The molecule has 2 aromatic heterocycles. The minimum absolute atomic E-state index is 0.610. The van der Waals surface area contributed by atoms with Gasteiger partial charge in [0.15, 0.2) is 34.5 Å². The molecule has 10 aromatic carbocycles. The van der Waals surface area contributed by atoms with Gasteiger partial charge in [-0.25, -0.2) is 9.97 Å². The van der Waals surface area contributed by atoms with Gasteiger partial charge in [-0.2, -0.15) is 0 Å². The van der Waals surface area contributed by atoms with E-state index in [1.54, 1.807) is 0 Å². The van der Waals surface area contributed by atoms with Crippen molar-refractivity contribution in [1.29, 1.82) is 0 Å². The van der Waals surface area contributed by atoms with Crippen LogP contribution in [-0.4, -0.2) is 14.5 Å². The summed E-state index contributed by atoms with van der Waals surface area (Å²) in [6, 6.07) is 76.0. The molecule has 0 amide bonds. The van der Waals surface area contributed by atoms with Gasteiger partial charge in [-0.3, -0.25) is 9.47 Å². The summed E-state index contributed by atoms with van der Waals surface area (Å²) < 4.78 is 23.0. The zero-order valence-corrected chi connectivity index (χ0v) is 36.8. The van der Waals surface area contributed by atoms with Gasteiger partial charge in [0, 0.05) is 21.7 Å². The number of benzene rings is 10. The van der Waals surface area contributed by atoms with Crippen LogP contribution in [0.25, 0.3) is 94.4 Å². The SMILES string of the molecule is c1ccc(-c2cccc(-c3nc(-n4c5ccccc5c5cc(-c6cc7c8c(c6)Oc6cc(-c9ccccc9)cc9c6N8c6c(cc(-c8ccccc8)cc6O7)O9)ccc54)nc4ccccc34)c2)cc1. The molecule has 0 atom stereocenters. The van der Waals surface area contributed by atoms with Gasteiger partial charge in [0.1, 0.15) is 17.1 Å². The van der Waals surface area contributed by atoms with Gasteiger partial charge >= 0.3 is 0 Å². The first-order chi connectivity index (χ1) is 34.2. The van der Waals surface area contributed by atoms with Gasteiger partial charge in [0.2, 0.25) is 5.95 Å². The summed E-state index contributed by atoms with van der Waals surface area (Å²) in [7, 11) is 0. The second kappa shape index (κ2) is 14.5. The standard InChI is InChI=1S/C62H36N4O3/c1-4-15-37(16-5-1)40-21-14-22-42(29-40)58-47-24-10-12-25-49(47)63-62(64-58)65-50-26-13-11-23-46(50)48-30-41(27-28-51(48)65)45-35-56-61-57(36-45)69-55-34-44(39-19-8-3-9-20-39)32-53-60(55)66(61)59-52(67-53)31-43(33-54(59)68-56)38-17-6-2-7-18-38/h1-36H. The topological polar surface area (TPSA) is 61.6 Å². The molecule has 0 N–H and O–H groups in total. The van der Waals surface area contributed by atoms with Gasteiger partial charge in [-0.1, -0.05) is 152 Å². The molecule has 0 aliphatic carbocycles. The molecular formula is C62H36N4O3.